The maximum absolute atomic E-state index is 12.5. The molecule has 2 aromatic rings. The molecule has 2 aromatic carbocycles. The number of rotatable bonds is 5. The number of carbonyl (C=O) groups excluding carboxylic acids is 2. The Balaban J connectivity index is 1.44. The van der Waals surface area contributed by atoms with Gasteiger partial charge in [-0.3, -0.25) is 4.79 Å². The van der Waals surface area contributed by atoms with Gasteiger partial charge in [-0.1, -0.05) is 28.1 Å². The summed E-state index contributed by atoms with van der Waals surface area (Å²) in [4.78, 5) is 26.5. The summed E-state index contributed by atoms with van der Waals surface area (Å²) in [6, 6.07) is 14.5. The lowest BCUT2D eigenvalue weighted by atomic mass is 9.97. The highest BCUT2D eigenvalue weighted by atomic mass is 79.9. The van der Waals surface area contributed by atoms with E-state index in [9.17, 15) is 9.59 Å². The molecule has 28 heavy (non-hydrogen) atoms. The molecule has 0 radical (unpaired) electrons. The molecular formula is C21H24BrN3O3. The number of hydrogen-bond donors (Lipinski definition) is 2. The first-order valence-electron chi connectivity index (χ1n) is 9.29. The quantitative estimate of drug-likeness (QED) is 0.726. The summed E-state index contributed by atoms with van der Waals surface area (Å²) < 4.78 is 6.22. The molecule has 0 unspecified atom stereocenters. The van der Waals surface area contributed by atoms with Crippen LogP contribution >= 0.6 is 15.9 Å². The van der Waals surface area contributed by atoms with Gasteiger partial charge in [0.25, 0.3) is 5.91 Å². The second-order valence-electron chi connectivity index (χ2n) is 6.78. The third-order valence-electron chi connectivity index (χ3n) is 4.91. The van der Waals surface area contributed by atoms with Crippen molar-refractivity contribution < 1.29 is 14.3 Å². The van der Waals surface area contributed by atoms with Crippen LogP contribution in [0, 0.1) is 5.92 Å². The Bertz CT molecular complexity index is 818. The number of nitrogens with one attached hydrogen (secondary N) is 2. The van der Waals surface area contributed by atoms with Gasteiger partial charge in [0.2, 0.25) is 0 Å². The first kappa shape index (κ1) is 20.2. The minimum atomic E-state index is -0.123. The fraction of sp³-hybridized carbons (Fsp3) is 0.333. The van der Waals surface area contributed by atoms with Gasteiger partial charge in [0.15, 0.2) is 0 Å². The van der Waals surface area contributed by atoms with Crippen molar-refractivity contribution in [3.8, 4) is 5.75 Å². The summed E-state index contributed by atoms with van der Waals surface area (Å²) in [6.45, 7) is 1.95. The fourth-order valence-corrected chi connectivity index (χ4v) is 3.49. The van der Waals surface area contributed by atoms with E-state index in [1.165, 1.54) is 0 Å². The van der Waals surface area contributed by atoms with Crippen molar-refractivity contribution in [3.63, 3.8) is 0 Å². The van der Waals surface area contributed by atoms with E-state index in [2.05, 4.69) is 26.6 Å². The molecule has 1 fully saturated rings. The maximum atomic E-state index is 12.5. The van der Waals surface area contributed by atoms with Crippen molar-refractivity contribution in [2.75, 3.05) is 32.1 Å². The van der Waals surface area contributed by atoms with Crippen LogP contribution in [0.25, 0.3) is 0 Å². The fourth-order valence-electron chi connectivity index (χ4n) is 3.22. The van der Waals surface area contributed by atoms with Crippen LogP contribution in [-0.2, 0) is 0 Å². The summed E-state index contributed by atoms with van der Waals surface area (Å²) >= 11 is 3.37. The van der Waals surface area contributed by atoms with Gasteiger partial charge in [0, 0.05) is 29.7 Å². The Morgan fingerprint density at radius 1 is 1.11 bits per heavy atom. The smallest absolute Gasteiger partial charge is 0.321 e. The predicted molar refractivity (Wildman–Crippen MR) is 113 cm³/mol. The van der Waals surface area contributed by atoms with Crippen molar-refractivity contribution >= 4 is 33.6 Å². The number of piperidine rings is 1. The van der Waals surface area contributed by atoms with Gasteiger partial charge < -0.3 is 20.3 Å². The molecule has 0 aromatic heterocycles. The number of hydrogen-bond acceptors (Lipinski definition) is 3. The van der Waals surface area contributed by atoms with Gasteiger partial charge in [-0.05, 0) is 55.2 Å². The molecule has 1 aliphatic rings. The number of benzene rings is 2. The standard InChI is InChI=1S/C21H24BrN3O3/c1-28-19-5-3-2-4-18(19)24-21(27)25-12-10-15(11-13-25)14-23-20(26)16-6-8-17(22)9-7-16/h2-9,15H,10-14H2,1H3,(H,23,26)(H,24,27). The van der Waals surface area contributed by atoms with Crippen molar-refractivity contribution in [1.29, 1.82) is 0 Å². The zero-order valence-electron chi connectivity index (χ0n) is 15.8. The zero-order chi connectivity index (χ0) is 19.9. The Morgan fingerprint density at radius 2 is 1.79 bits per heavy atom. The van der Waals surface area contributed by atoms with Crippen LogP contribution in [0.4, 0.5) is 10.5 Å². The Hall–Kier alpha value is -2.54. The van der Waals surface area contributed by atoms with E-state index in [-0.39, 0.29) is 11.9 Å². The van der Waals surface area contributed by atoms with Crippen LogP contribution in [0.3, 0.4) is 0 Å². The molecule has 7 heteroatoms. The molecule has 0 saturated carbocycles. The third kappa shape index (κ3) is 5.25. The topological polar surface area (TPSA) is 70.7 Å². The second-order valence-corrected chi connectivity index (χ2v) is 7.69. The highest BCUT2D eigenvalue weighted by molar-refractivity contribution is 9.10. The highest BCUT2D eigenvalue weighted by Crippen LogP contribution is 2.24. The van der Waals surface area contributed by atoms with E-state index in [0.717, 1.165) is 17.3 Å². The molecule has 2 N–H and O–H groups in total. The lowest BCUT2D eigenvalue weighted by Crippen LogP contribution is -2.43. The molecule has 3 amide bonds. The Morgan fingerprint density at radius 3 is 2.46 bits per heavy atom. The minimum absolute atomic E-state index is 0.0659. The van der Waals surface area contributed by atoms with E-state index in [1.54, 1.807) is 24.1 Å². The number of halogens is 1. The maximum Gasteiger partial charge on any atom is 0.321 e. The van der Waals surface area contributed by atoms with Crippen LogP contribution in [0.1, 0.15) is 23.2 Å². The molecule has 1 aliphatic heterocycles. The molecule has 0 aliphatic carbocycles. The molecule has 1 heterocycles. The summed E-state index contributed by atoms with van der Waals surface area (Å²) in [5.74, 6) is 0.944. The van der Waals surface area contributed by atoms with Gasteiger partial charge in [-0.15, -0.1) is 0 Å². The van der Waals surface area contributed by atoms with E-state index in [4.69, 9.17) is 4.74 Å². The highest BCUT2D eigenvalue weighted by Gasteiger charge is 2.23. The summed E-state index contributed by atoms with van der Waals surface area (Å²) in [5, 5.41) is 5.91. The summed E-state index contributed by atoms with van der Waals surface area (Å²) in [5.41, 5.74) is 1.32. The largest absolute Gasteiger partial charge is 0.495 e. The minimum Gasteiger partial charge on any atom is -0.495 e. The Labute approximate surface area is 173 Å². The van der Waals surface area contributed by atoms with Gasteiger partial charge in [-0.2, -0.15) is 0 Å². The number of anilines is 1. The predicted octanol–water partition coefficient (Wildman–Crippen LogP) is 4.13. The van der Waals surface area contributed by atoms with Gasteiger partial charge in [0.05, 0.1) is 12.8 Å². The molecule has 0 bridgehead atoms. The number of nitrogens with zero attached hydrogens (tertiary/aromatic N) is 1. The molecule has 148 valence electrons. The zero-order valence-corrected chi connectivity index (χ0v) is 17.4. The SMILES string of the molecule is COc1ccccc1NC(=O)N1CCC(CNC(=O)c2ccc(Br)cc2)CC1. The van der Waals surface area contributed by atoms with Crippen LogP contribution in [0.2, 0.25) is 0 Å². The summed E-state index contributed by atoms with van der Waals surface area (Å²) in [7, 11) is 1.58. The number of carbonyl (C=O) groups is 2. The van der Waals surface area contributed by atoms with E-state index in [0.29, 0.717) is 42.6 Å². The number of para-hydroxylation sites is 2. The average Bonchev–Trinajstić information content (AvgIpc) is 2.73. The number of ether oxygens (including phenoxy) is 1. The van der Waals surface area contributed by atoms with Crippen LogP contribution in [0.5, 0.6) is 5.75 Å². The summed E-state index contributed by atoms with van der Waals surface area (Å²) in [6.07, 6.45) is 1.72. The lowest BCUT2D eigenvalue weighted by Gasteiger charge is -2.32. The average molecular weight is 446 g/mol. The van der Waals surface area contributed by atoms with Crippen molar-refractivity contribution in [1.82, 2.24) is 10.2 Å². The van der Waals surface area contributed by atoms with Crippen molar-refractivity contribution in [2.24, 2.45) is 5.92 Å². The van der Waals surface area contributed by atoms with E-state index >= 15 is 0 Å². The molecule has 6 nitrogen and oxygen atoms in total. The molecule has 0 atom stereocenters. The first-order chi connectivity index (χ1) is 13.6. The van der Waals surface area contributed by atoms with Gasteiger partial charge in [-0.25, -0.2) is 4.79 Å². The van der Waals surface area contributed by atoms with E-state index in [1.807, 2.05) is 36.4 Å². The van der Waals surface area contributed by atoms with Crippen molar-refractivity contribution in [2.45, 2.75) is 12.8 Å². The Kier molecular flexibility index (Phi) is 6.92. The third-order valence-corrected chi connectivity index (χ3v) is 5.44. The lowest BCUT2D eigenvalue weighted by molar-refractivity contribution is 0.0938. The number of methoxy groups -OCH3 is 1. The van der Waals surface area contributed by atoms with Gasteiger partial charge in [0.1, 0.15) is 5.75 Å². The molecule has 3 rings (SSSR count). The van der Waals surface area contributed by atoms with Crippen LogP contribution < -0.4 is 15.4 Å². The van der Waals surface area contributed by atoms with Crippen LogP contribution in [0.15, 0.2) is 53.0 Å². The first-order valence-corrected chi connectivity index (χ1v) is 10.1. The molecule has 1 saturated heterocycles. The molecule has 0 spiro atoms. The second kappa shape index (κ2) is 9.59. The monoisotopic (exact) mass is 445 g/mol. The van der Waals surface area contributed by atoms with E-state index < -0.39 is 0 Å². The molecular weight excluding hydrogens is 422 g/mol. The number of amides is 3. The normalized spacial score (nSPS) is 14.4. The van der Waals surface area contributed by atoms with Crippen molar-refractivity contribution in [3.05, 3.63) is 58.6 Å². The number of urea groups is 1. The number of likely N-dealkylation sites (tertiary alicyclic amines) is 1. The van der Waals surface area contributed by atoms with Crippen LogP contribution in [-0.4, -0.2) is 43.6 Å². The van der Waals surface area contributed by atoms with Gasteiger partial charge >= 0.3 is 6.03 Å².